The van der Waals surface area contributed by atoms with Gasteiger partial charge in [0.15, 0.2) is 0 Å². The second kappa shape index (κ2) is 6.16. The predicted molar refractivity (Wildman–Crippen MR) is 75.3 cm³/mol. The van der Waals surface area contributed by atoms with E-state index in [0.29, 0.717) is 11.6 Å². The third-order valence-corrected chi connectivity index (χ3v) is 3.86. The zero-order chi connectivity index (χ0) is 13.8. The Bertz CT molecular complexity index is 559. The van der Waals surface area contributed by atoms with Gasteiger partial charge in [0.1, 0.15) is 11.6 Å². The number of amides is 1. The number of aromatic nitrogens is 3. The fourth-order valence-electron chi connectivity index (χ4n) is 1.54. The van der Waals surface area contributed by atoms with Gasteiger partial charge in [-0.3, -0.25) is 9.48 Å². The van der Waals surface area contributed by atoms with Crippen molar-refractivity contribution in [1.29, 1.82) is 0 Å². The van der Waals surface area contributed by atoms with Gasteiger partial charge in [0.05, 0.1) is 23.0 Å². The molecule has 1 N–H and O–H groups in total. The molecule has 0 radical (unpaired) electrons. The maximum Gasteiger partial charge on any atom is 0.242 e. The first-order valence-corrected chi connectivity index (χ1v) is 7.23. The fraction of sp³-hybridized carbons (Fsp3) is 0.417. The van der Waals surface area contributed by atoms with E-state index in [1.807, 2.05) is 5.38 Å². The Morgan fingerprint density at radius 1 is 1.58 bits per heavy atom. The average molecular weight is 299 g/mol. The molecule has 5 nitrogen and oxygen atoms in total. The van der Waals surface area contributed by atoms with E-state index < -0.39 is 0 Å². The van der Waals surface area contributed by atoms with Crippen molar-refractivity contribution in [2.75, 3.05) is 0 Å². The lowest BCUT2D eigenvalue weighted by Crippen LogP contribution is -2.27. The Morgan fingerprint density at radius 3 is 2.95 bits per heavy atom. The fourth-order valence-corrected chi connectivity index (χ4v) is 2.51. The minimum atomic E-state index is -0.104. The van der Waals surface area contributed by atoms with Crippen molar-refractivity contribution < 1.29 is 4.79 Å². The molecular weight excluding hydrogens is 284 g/mol. The highest BCUT2D eigenvalue weighted by atomic mass is 35.5. The molecule has 0 bridgehead atoms. The van der Waals surface area contributed by atoms with Crippen molar-refractivity contribution >= 4 is 28.8 Å². The van der Waals surface area contributed by atoms with Crippen molar-refractivity contribution in [1.82, 2.24) is 20.1 Å². The van der Waals surface area contributed by atoms with Gasteiger partial charge in [0.2, 0.25) is 5.91 Å². The van der Waals surface area contributed by atoms with Crippen LogP contribution >= 0.6 is 22.9 Å². The van der Waals surface area contributed by atoms with Gasteiger partial charge in [-0.1, -0.05) is 18.5 Å². The summed E-state index contributed by atoms with van der Waals surface area (Å²) in [5.41, 5.74) is 1.78. The van der Waals surface area contributed by atoms with Gasteiger partial charge in [-0.15, -0.1) is 11.3 Å². The Kier molecular flexibility index (Phi) is 4.55. The van der Waals surface area contributed by atoms with E-state index in [-0.39, 0.29) is 12.5 Å². The topological polar surface area (TPSA) is 59.8 Å². The third kappa shape index (κ3) is 3.78. The summed E-state index contributed by atoms with van der Waals surface area (Å²) >= 11 is 7.44. The Morgan fingerprint density at radius 2 is 2.37 bits per heavy atom. The molecule has 1 amide bonds. The summed E-state index contributed by atoms with van der Waals surface area (Å²) in [6.45, 7) is 4.48. The van der Waals surface area contributed by atoms with E-state index in [0.717, 1.165) is 22.8 Å². The molecule has 0 atom stereocenters. The largest absolute Gasteiger partial charge is 0.348 e. The van der Waals surface area contributed by atoms with Crippen LogP contribution < -0.4 is 5.32 Å². The lowest BCUT2D eigenvalue weighted by molar-refractivity contribution is -0.122. The quantitative estimate of drug-likeness (QED) is 0.920. The van der Waals surface area contributed by atoms with Gasteiger partial charge >= 0.3 is 0 Å². The molecule has 102 valence electrons. The summed E-state index contributed by atoms with van der Waals surface area (Å²) < 4.78 is 1.53. The Balaban J connectivity index is 1.84. The monoisotopic (exact) mass is 298 g/mol. The number of aryl methyl sites for hydroxylation is 2. The number of rotatable bonds is 5. The van der Waals surface area contributed by atoms with E-state index in [1.165, 1.54) is 4.68 Å². The van der Waals surface area contributed by atoms with Gasteiger partial charge < -0.3 is 5.32 Å². The number of hydrogen-bond acceptors (Lipinski definition) is 4. The summed E-state index contributed by atoms with van der Waals surface area (Å²) in [6.07, 6.45) is 2.56. The predicted octanol–water partition coefficient (Wildman–Crippen LogP) is 2.18. The highest BCUT2D eigenvalue weighted by Crippen LogP contribution is 2.12. The first kappa shape index (κ1) is 14.0. The normalized spacial score (nSPS) is 10.7. The van der Waals surface area contributed by atoms with Gasteiger partial charge in [0.25, 0.3) is 0 Å². The number of thiazole rings is 1. The third-order valence-electron chi connectivity index (χ3n) is 2.59. The van der Waals surface area contributed by atoms with E-state index in [1.54, 1.807) is 24.5 Å². The molecule has 0 fully saturated rings. The van der Waals surface area contributed by atoms with Crippen LogP contribution in [0.1, 0.15) is 23.3 Å². The molecule has 0 aliphatic carbocycles. The number of halogens is 1. The average Bonchev–Trinajstić information content (AvgIpc) is 2.94. The molecule has 2 heterocycles. The van der Waals surface area contributed by atoms with Gasteiger partial charge in [-0.2, -0.15) is 5.10 Å². The lowest BCUT2D eigenvalue weighted by Gasteiger charge is -2.03. The van der Waals surface area contributed by atoms with E-state index in [2.05, 4.69) is 22.3 Å². The molecule has 0 saturated heterocycles. The number of nitrogens with one attached hydrogen (secondary N) is 1. The molecular formula is C12H15ClN4OS. The highest BCUT2D eigenvalue weighted by molar-refractivity contribution is 7.09. The molecule has 0 aliphatic rings. The molecule has 0 saturated carbocycles. The first-order valence-electron chi connectivity index (χ1n) is 5.98. The van der Waals surface area contributed by atoms with Crippen LogP contribution in [0.4, 0.5) is 0 Å². The SMILES string of the molecule is CCc1csc(CNC(=O)Cn2cc(Cl)c(C)n2)n1. The van der Waals surface area contributed by atoms with Crippen molar-refractivity contribution in [3.05, 3.63) is 33.0 Å². The molecule has 0 aromatic carbocycles. The summed E-state index contributed by atoms with van der Waals surface area (Å²) in [6, 6.07) is 0. The van der Waals surface area contributed by atoms with Crippen molar-refractivity contribution in [3.63, 3.8) is 0 Å². The minimum Gasteiger partial charge on any atom is -0.348 e. The van der Waals surface area contributed by atoms with Crippen LogP contribution in [-0.4, -0.2) is 20.7 Å². The molecule has 2 aromatic rings. The van der Waals surface area contributed by atoms with Crippen LogP contribution in [0.5, 0.6) is 0 Å². The van der Waals surface area contributed by atoms with Crippen LogP contribution in [0, 0.1) is 6.92 Å². The smallest absolute Gasteiger partial charge is 0.242 e. The number of hydrogen-bond donors (Lipinski definition) is 1. The summed E-state index contributed by atoms with van der Waals surface area (Å²) in [5.74, 6) is -0.104. The second-order valence-corrected chi connectivity index (χ2v) is 5.47. The molecule has 2 rings (SSSR count). The van der Waals surface area contributed by atoms with Gasteiger partial charge in [-0.25, -0.2) is 4.98 Å². The number of carbonyl (C=O) groups is 1. The van der Waals surface area contributed by atoms with Crippen LogP contribution in [-0.2, 0) is 24.3 Å². The zero-order valence-electron chi connectivity index (χ0n) is 10.8. The second-order valence-electron chi connectivity index (χ2n) is 4.12. The molecule has 2 aromatic heterocycles. The summed E-state index contributed by atoms with van der Waals surface area (Å²) in [4.78, 5) is 16.1. The van der Waals surface area contributed by atoms with E-state index in [4.69, 9.17) is 11.6 Å². The zero-order valence-corrected chi connectivity index (χ0v) is 12.4. The Hall–Kier alpha value is -1.40. The molecule has 7 heteroatoms. The summed E-state index contributed by atoms with van der Waals surface area (Å²) in [5, 5.41) is 10.5. The molecule has 19 heavy (non-hydrogen) atoms. The van der Waals surface area contributed by atoms with Gasteiger partial charge in [-0.05, 0) is 13.3 Å². The van der Waals surface area contributed by atoms with Crippen LogP contribution in [0.25, 0.3) is 0 Å². The van der Waals surface area contributed by atoms with Crippen LogP contribution in [0.15, 0.2) is 11.6 Å². The van der Waals surface area contributed by atoms with E-state index in [9.17, 15) is 4.79 Å². The molecule has 0 aliphatic heterocycles. The first-order chi connectivity index (χ1) is 9.08. The minimum absolute atomic E-state index is 0.104. The highest BCUT2D eigenvalue weighted by Gasteiger charge is 2.08. The summed E-state index contributed by atoms with van der Waals surface area (Å²) in [7, 11) is 0. The van der Waals surface area contributed by atoms with Crippen molar-refractivity contribution in [2.45, 2.75) is 33.4 Å². The van der Waals surface area contributed by atoms with Crippen LogP contribution in [0.2, 0.25) is 5.02 Å². The maximum atomic E-state index is 11.7. The lowest BCUT2D eigenvalue weighted by atomic mass is 10.4. The van der Waals surface area contributed by atoms with Crippen molar-refractivity contribution in [3.8, 4) is 0 Å². The van der Waals surface area contributed by atoms with Gasteiger partial charge in [0, 0.05) is 11.6 Å². The molecule has 0 unspecified atom stereocenters. The van der Waals surface area contributed by atoms with Crippen molar-refractivity contribution in [2.24, 2.45) is 0 Å². The number of carbonyl (C=O) groups excluding carboxylic acids is 1. The maximum absolute atomic E-state index is 11.7. The Labute approximate surface area is 120 Å². The number of nitrogens with zero attached hydrogens (tertiary/aromatic N) is 3. The molecule has 0 spiro atoms. The van der Waals surface area contributed by atoms with Crippen LogP contribution in [0.3, 0.4) is 0 Å². The standard InChI is InChI=1S/C12H15ClN4OS/c1-3-9-7-19-12(15-9)4-14-11(18)6-17-5-10(13)8(2)16-17/h5,7H,3-4,6H2,1-2H3,(H,14,18). The van der Waals surface area contributed by atoms with E-state index >= 15 is 0 Å².